The van der Waals surface area contributed by atoms with Crippen LogP contribution in [0.4, 0.5) is 4.39 Å². The Balaban J connectivity index is 2.74. The summed E-state index contributed by atoms with van der Waals surface area (Å²) in [5.74, 6) is 5.84. The van der Waals surface area contributed by atoms with Gasteiger partial charge in [-0.3, -0.25) is 0 Å². The van der Waals surface area contributed by atoms with Crippen molar-refractivity contribution in [3.8, 4) is 17.6 Å². The minimum absolute atomic E-state index is 0.173. The third-order valence-electron chi connectivity index (χ3n) is 2.13. The van der Waals surface area contributed by atoms with Crippen LogP contribution in [0.5, 0.6) is 5.75 Å². The van der Waals surface area contributed by atoms with Gasteiger partial charge in [-0.05, 0) is 19.9 Å². The van der Waals surface area contributed by atoms with Gasteiger partial charge in [0.15, 0.2) is 0 Å². The highest BCUT2D eigenvalue weighted by molar-refractivity contribution is 5.36. The molecule has 0 aliphatic rings. The van der Waals surface area contributed by atoms with E-state index in [4.69, 9.17) is 10.5 Å². The second-order valence-electron chi connectivity index (χ2n) is 3.50. The van der Waals surface area contributed by atoms with Crippen molar-refractivity contribution in [1.29, 1.82) is 0 Å². The lowest BCUT2D eigenvalue weighted by molar-refractivity contribution is 0.320. The van der Waals surface area contributed by atoms with Crippen LogP contribution in [0, 0.1) is 17.7 Å². The van der Waals surface area contributed by atoms with Crippen LogP contribution >= 0.6 is 0 Å². The van der Waals surface area contributed by atoms with Gasteiger partial charge in [0.1, 0.15) is 11.6 Å². The van der Waals surface area contributed by atoms with E-state index >= 15 is 0 Å². The van der Waals surface area contributed by atoms with Gasteiger partial charge in [0, 0.05) is 24.1 Å². The monoisotopic (exact) mass is 221 g/mol. The van der Waals surface area contributed by atoms with Crippen LogP contribution in [-0.2, 0) is 0 Å². The van der Waals surface area contributed by atoms with Crippen molar-refractivity contribution >= 4 is 0 Å². The predicted molar refractivity (Wildman–Crippen MR) is 62.6 cm³/mol. The van der Waals surface area contributed by atoms with Gasteiger partial charge in [-0.2, -0.15) is 0 Å². The Labute approximate surface area is 95.6 Å². The molecule has 0 radical (unpaired) electrons. The first-order valence-corrected chi connectivity index (χ1v) is 5.22. The van der Waals surface area contributed by atoms with Gasteiger partial charge < -0.3 is 10.5 Å². The highest BCUT2D eigenvalue weighted by Crippen LogP contribution is 2.24. The SMILES string of the molecule is CC#CCCOc1cc(F)ccc1[C@@H](C)N. The van der Waals surface area contributed by atoms with Crippen LogP contribution in [0.1, 0.15) is 31.9 Å². The maximum absolute atomic E-state index is 13.0. The molecule has 0 saturated carbocycles. The number of rotatable bonds is 4. The van der Waals surface area contributed by atoms with Crippen molar-refractivity contribution in [2.45, 2.75) is 26.3 Å². The van der Waals surface area contributed by atoms with Gasteiger partial charge in [0.25, 0.3) is 0 Å². The number of benzene rings is 1. The van der Waals surface area contributed by atoms with E-state index in [1.165, 1.54) is 12.1 Å². The summed E-state index contributed by atoms with van der Waals surface area (Å²) in [6, 6.07) is 4.23. The highest BCUT2D eigenvalue weighted by Gasteiger charge is 2.08. The summed E-state index contributed by atoms with van der Waals surface area (Å²) in [4.78, 5) is 0. The Morgan fingerprint density at radius 2 is 2.25 bits per heavy atom. The average molecular weight is 221 g/mol. The summed E-state index contributed by atoms with van der Waals surface area (Å²) >= 11 is 0. The molecule has 0 bridgehead atoms. The summed E-state index contributed by atoms with van der Waals surface area (Å²) in [6.45, 7) is 4.06. The van der Waals surface area contributed by atoms with E-state index in [0.29, 0.717) is 18.8 Å². The molecule has 0 heterocycles. The Hall–Kier alpha value is -1.53. The Morgan fingerprint density at radius 3 is 2.88 bits per heavy atom. The third-order valence-corrected chi connectivity index (χ3v) is 2.13. The average Bonchev–Trinajstić information content (AvgIpc) is 2.24. The summed E-state index contributed by atoms with van der Waals surface area (Å²) in [7, 11) is 0. The van der Waals surface area contributed by atoms with Crippen molar-refractivity contribution in [2.24, 2.45) is 5.73 Å². The van der Waals surface area contributed by atoms with Crippen molar-refractivity contribution in [3.63, 3.8) is 0 Å². The van der Waals surface area contributed by atoms with Gasteiger partial charge in [0.2, 0.25) is 0 Å². The molecule has 2 nitrogen and oxygen atoms in total. The molecule has 3 heteroatoms. The van der Waals surface area contributed by atoms with Crippen molar-refractivity contribution in [2.75, 3.05) is 6.61 Å². The molecular formula is C13H16FNO. The molecule has 0 fully saturated rings. The maximum Gasteiger partial charge on any atom is 0.127 e. The fourth-order valence-electron chi connectivity index (χ4n) is 1.35. The summed E-state index contributed by atoms with van der Waals surface area (Å²) in [5.41, 5.74) is 6.58. The van der Waals surface area contributed by atoms with Gasteiger partial charge in [-0.15, -0.1) is 11.8 Å². The standard InChI is InChI=1S/C13H16FNO/c1-3-4-5-8-16-13-9-11(14)6-7-12(13)10(2)15/h6-7,9-10H,5,8,15H2,1-2H3/t10-/m1/s1. The predicted octanol–water partition coefficient (Wildman–Crippen LogP) is 2.64. The molecule has 16 heavy (non-hydrogen) atoms. The minimum Gasteiger partial charge on any atom is -0.492 e. The molecule has 1 atom stereocenters. The smallest absolute Gasteiger partial charge is 0.127 e. The molecular weight excluding hydrogens is 205 g/mol. The second kappa shape index (κ2) is 6.14. The number of hydrogen-bond acceptors (Lipinski definition) is 2. The fourth-order valence-corrected chi connectivity index (χ4v) is 1.35. The normalized spacial score (nSPS) is 11.5. The molecule has 86 valence electrons. The lowest BCUT2D eigenvalue weighted by Gasteiger charge is -2.13. The van der Waals surface area contributed by atoms with E-state index in [1.54, 1.807) is 13.0 Å². The number of halogens is 1. The van der Waals surface area contributed by atoms with E-state index in [2.05, 4.69) is 11.8 Å². The highest BCUT2D eigenvalue weighted by atomic mass is 19.1. The van der Waals surface area contributed by atoms with Crippen molar-refractivity contribution in [1.82, 2.24) is 0 Å². The lowest BCUT2D eigenvalue weighted by atomic mass is 10.1. The topological polar surface area (TPSA) is 35.2 Å². The van der Waals surface area contributed by atoms with Gasteiger partial charge in [-0.25, -0.2) is 4.39 Å². The lowest BCUT2D eigenvalue weighted by Crippen LogP contribution is -2.08. The van der Waals surface area contributed by atoms with Crippen molar-refractivity contribution in [3.05, 3.63) is 29.6 Å². The zero-order valence-corrected chi connectivity index (χ0v) is 9.59. The van der Waals surface area contributed by atoms with Gasteiger partial charge >= 0.3 is 0 Å². The zero-order chi connectivity index (χ0) is 12.0. The quantitative estimate of drug-likeness (QED) is 0.626. The fraction of sp³-hybridized carbons (Fsp3) is 0.385. The minimum atomic E-state index is -0.319. The molecule has 0 amide bonds. The first-order valence-electron chi connectivity index (χ1n) is 5.22. The molecule has 1 aromatic rings. The molecule has 1 rings (SSSR count). The van der Waals surface area contributed by atoms with Crippen LogP contribution in [0.2, 0.25) is 0 Å². The number of ether oxygens (including phenoxy) is 1. The Bertz CT molecular complexity index is 404. The summed E-state index contributed by atoms with van der Waals surface area (Å²) in [6.07, 6.45) is 0.630. The van der Waals surface area contributed by atoms with E-state index < -0.39 is 0 Å². The molecule has 0 unspecified atom stereocenters. The summed E-state index contributed by atoms with van der Waals surface area (Å²) in [5, 5.41) is 0. The van der Waals surface area contributed by atoms with E-state index in [-0.39, 0.29) is 11.9 Å². The first kappa shape index (κ1) is 12.5. The third kappa shape index (κ3) is 3.56. The van der Waals surface area contributed by atoms with E-state index in [1.807, 2.05) is 6.92 Å². The van der Waals surface area contributed by atoms with Crippen LogP contribution in [0.15, 0.2) is 18.2 Å². The number of nitrogens with two attached hydrogens (primary N) is 1. The van der Waals surface area contributed by atoms with Crippen LogP contribution in [-0.4, -0.2) is 6.61 Å². The summed E-state index contributed by atoms with van der Waals surface area (Å²) < 4.78 is 18.5. The molecule has 2 N–H and O–H groups in total. The number of hydrogen-bond donors (Lipinski definition) is 1. The zero-order valence-electron chi connectivity index (χ0n) is 9.59. The van der Waals surface area contributed by atoms with Crippen molar-refractivity contribution < 1.29 is 9.13 Å². The molecule has 1 aromatic carbocycles. The largest absolute Gasteiger partial charge is 0.492 e. The first-order chi connectivity index (χ1) is 7.65. The molecule has 0 aliphatic heterocycles. The second-order valence-corrected chi connectivity index (χ2v) is 3.50. The van der Waals surface area contributed by atoms with Crippen LogP contribution in [0.25, 0.3) is 0 Å². The van der Waals surface area contributed by atoms with Crippen LogP contribution < -0.4 is 10.5 Å². The van der Waals surface area contributed by atoms with E-state index in [9.17, 15) is 4.39 Å². The molecule has 0 spiro atoms. The molecule has 0 aliphatic carbocycles. The van der Waals surface area contributed by atoms with E-state index in [0.717, 1.165) is 5.56 Å². The Morgan fingerprint density at radius 1 is 1.50 bits per heavy atom. The van der Waals surface area contributed by atoms with Gasteiger partial charge in [0.05, 0.1) is 6.61 Å². The Kier molecular flexibility index (Phi) is 4.81. The van der Waals surface area contributed by atoms with Crippen LogP contribution in [0.3, 0.4) is 0 Å². The van der Waals surface area contributed by atoms with Gasteiger partial charge in [-0.1, -0.05) is 6.07 Å². The molecule has 0 saturated heterocycles. The maximum atomic E-state index is 13.0. The molecule has 0 aromatic heterocycles.